The predicted molar refractivity (Wildman–Crippen MR) is 93.8 cm³/mol. The molecule has 0 aliphatic carbocycles. The molecule has 0 bridgehead atoms. The molecule has 2 N–H and O–H groups in total. The van der Waals surface area contributed by atoms with Gasteiger partial charge in [0, 0.05) is 13.5 Å². The third-order valence-corrected chi connectivity index (χ3v) is 4.62. The van der Waals surface area contributed by atoms with Gasteiger partial charge in [-0.3, -0.25) is 4.79 Å². The van der Waals surface area contributed by atoms with Crippen LogP contribution in [-0.2, 0) is 6.42 Å². The number of carbonyl (C=O) groups is 1. The maximum absolute atomic E-state index is 14.1. The van der Waals surface area contributed by atoms with E-state index in [0.717, 1.165) is 0 Å². The molecule has 0 saturated heterocycles. The summed E-state index contributed by atoms with van der Waals surface area (Å²) >= 11 is 0. The number of nitrogens with zero attached hydrogens (tertiary/aromatic N) is 3. The molecule has 4 rings (SSSR count). The van der Waals surface area contributed by atoms with Gasteiger partial charge in [-0.1, -0.05) is 18.2 Å². The molecule has 2 aromatic heterocycles. The van der Waals surface area contributed by atoms with Gasteiger partial charge in [-0.15, -0.1) is 0 Å². The second-order valence-corrected chi connectivity index (χ2v) is 6.33. The first-order chi connectivity index (χ1) is 12.5. The summed E-state index contributed by atoms with van der Waals surface area (Å²) in [5.74, 6) is 0.666. The predicted octanol–water partition coefficient (Wildman–Crippen LogP) is 3.14. The number of aromatic nitrogens is 2. The molecule has 0 fully saturated rings. The van der Waals surface area contributed by atoms with Crippen LogP contribution in [0, 0.1) is 12.7 Å². The minimum atomic E-state index is -0.422. The zero-order valence-electron chi connectivity index (χ0n) is 14.4. The van der Waals surface area contributed by atoms with Crippen molar-refractivity contribution in [2.24, 2.45) is 0 Å². The molecular weight excluding hydrogens is 335 g/mol. The molecule has 1 atom stereocenters. The summed E-state index contributed by atoms with van der Waals surface area (Å²) in [5, 5.41) is 0. The Kier molecular flexibility index (Phi) is 3.72. The number of aryl methyl sites for hydroxylation is 1. The number of carbonyl (C=O) groups excluding carboxylic acids is 1. The van der Waals surface area contributed by atoms with E-state index in [1.807, 2.05) is 6.92 Å². The van der Waals surface area contributed by atoms with Crippen molar-refractivity contribution in [2.75, 3.05) is 12.8 Å². The summed E-state index contributed by atoms with van der Waals surface area (Å²) in [6.07, 6.45) is 0.301. The molecule has 1 aliphatic rings. The second kappa shape index (κ2) is 5.94. The number of benzene rings is 1. The Labute approximate surface area is 149 Å². The number of furan rings is 1. The molecule has 1 aliphatic heterocycles. The van der Waals surface area contributed by atoms with E-state index in [1.54, 1.807) is 42.3 Å². The maximum atomic E-state index is 14.1. The van der Waals surface area contributed by atoms with Gasteiger partial charge >= 0.3 is 0 Å². The van der Waals surface area contributed by atoms with Gasteiger partial charge in [0.15, 0.2) is 5.76 Å². The average molecular weight is 352 g/mol. The van der Waals surface area contributed by atoms with Gasteiger partial charge in [-0.25, -0.2) is 14.4 Å². The SMILES string of the molecule is Cc1ccc(-c2nc(N)nc3c2C(=O)N(C)C3Cc2ccccc2F)o1. The van der Waals surface area contributed by atoms with Crippen LogP contribution < -0.4 is 5.73 Å². The molecule has 3 heterocycles. The number of rotatable bonds is 3. The third-order valence-electron chi connectivity index (χ3n) is 4.62. The van der Waals surface area contributed by atoms with Crippen molar-refractivity contribution in [3.05, 3.63) is 64.8 Å². The van der Waals surface area contributed by atoms with Crippen LogP contribution in [-0.4, -0.2) is 27.8 Å². The highest BCUT2D eigenvalue weighted by Gasteiger charge is 2.40. The minimum absolute atomic E-state index is 0.0504. The monoisotopic (exact) mass is 352 g/mol. The quantitative estimate of drug-likeness (QED) is 0.783. The van der Waals surface area contributed by atoms with E-state index in [-0.39, 0.29) is 17.7 Å². The Balaban J connectivity index is 1.84. The Bertz CT molecular complexity index is 1010. The molecule has 1 amide bonds. The van der Waals surface area contributed by atoms with Crippen molar-refractivity contribution >= 4 is 11.9 Å². The molecule has 7 heteroatoms. The molecule has 6 nitrogen and oxygen atoms in total. The highest BCUT2D eigenvalue weighted by atomic mass is 19.1. The minimum Gasteiger partial charge on any atom is -0.460 e. The van der Waals surface area contributed by atoms with Gasteiger partial charge in [0.2, 0.25) is 5.95 Å². The average Bonchev–Trinajstić information content (AvgIpc) is 3.14. The Hall–Kier alpha value is -3.22. The second-order valence-electron chi connectivity index (χ2n) is 6.33. The zero-order valence-corrected chi connectivity index (χ0v) is 14.4. The van der Waals surface area contributed by atoms with E-state index >= 15 is 0 Å². The van der Waals surface area contributed by atoms with Gasteiger partial charge in [0.1, 0.15) is 17.3 Å². The van der Waals surface area contributed by atoms with E-state index < -0.39 is 6.04 Å². The van der Waals surface area contributed by atoms with E-state index in [1.165, 1.54) is 6.07 Å². The number of hydrogen-bond acceptors (Lipinski definition) is 5. The van der Waals surface area contributed by atoms with Gasteiger partial charge < -0.3 is 15.1 Å². The van der Waals surface area contributed by atoms with Gasteiger partial charge in [0.25, 0.3) is 5.91 Å². The molecule has 0 saturated carbocycles. The molecule has 132 valence electrons. The number of nitrogen functional groups attached to an aromatic ring is 1. The Morgan fingerprint density at radius 3 is 2.69 bits per heavy atom. The smallest absolute Gasteiger partial charge is 0.258 e. The van der Waals surface area contributed by atoms with Gasteiger partial charge in [-0.05, 0) is 30.7 Å². The fourth-order valence-electron chi connectivity index (χ4n) is 3.30. The fraction of sp³-hybridized carbons (Fsp3) is 0.211. The van der Waals surface area contributed by atoms with Crippen LogP contribution in [0.1, 0.15) is 33.4 Å². The first-order valence-electron chi connectivity index (χ1n) is 8.20. The van der Waals surface area contributed by atoms with Crippen molar-refractivity contribution in [3.63, 3.8) is 0 Å². The number of amides is 1. The number of hydrogen-bond donors (Lipinski definition) is 1. The number of fused-ring (bicyclic) bond motifs is 1. The molecule has 0 spiro atoms. The maximum Gasteiger partial charge on any atom is 0.258 e. The standard InChI is InChI=1S/C19H17FN4O2/c1-10-7-8-14(26-10)17-15-16(22-19(21)23-17)13(24(2)18(15)25)9-11-5-3-4-6-12(11)20/h3-8,13H,9H2,1-2H3,(H2,21,22,23). The zero-order chi connectivity index (χ0) is 18.4. The van der Waals surface area contributed by atoms with E-state index in [0.29, 0.717) is 40.5 Å². The van der Waals surface area contributed by atoms with Crippen molar-refractivity contribution in [1.82, 2.24) is 14.9 Å². The molecule has 1 unspecified atom stereocenters. The first-order valence-corrected chi connectivity index (χ1v) is 8.20. The van der Waals surface area contributed by atoms with Crippen molar-refractivity contribution < 1.29 is 13.6 Å². The highest BCUT2D eigenvalue weighted by Crippen LogP contribution is 2.39. The van der Waals surface area contributed by atoms with Crippen molar-refractivity contribution in [1.29, 1.82) is 0 Å². The topological polar surface area (TPSA) is 85.2 Å². The third kappa shape index (κ3) is 2.52. The Morgan fingerprint density at radius 2 is 2.00 bits per heavy atom. The molecule has 0 radical (unpaired) electrons. The van der Waals surface area contributed by atoms with Crippen molar-refractivity contribution in [2.45, 2.75) is 19.4 Å². The molecule has 3 aromatic rings. The number of likely N-dealkylation sites (N-methyl/N-ethyl adjacent to an activating group) is 1. The fourth-order valence-corrected chi connectivity index (χ4v) is 3.30. The lowest BCUT2D eigenvalue weighted by Crippen LogP contribution is -2.25. The largest absolute Gasteiger partial charge is 0.460 e. The summed E-state index contributed by atoms with van der Waals surface area (Å²) in [6.45, 7) is 1.81. The normalized spacial score (nSPS) is 16.2. The molecular formula is C19H17FN4O2. The van der Waals surface area contributed by atoms with Crippen LogP contribution in [0.4, 0.5) is 10.3 Å². The van der Waals surface area contributed by atoms with E-state index in [4.69, 9.17) is 10.2 Å². The van der Waals surface area contributed by atoms with Crippen LogP contribution in [0.2, 0.25) is 0 Å². The summed E-state index contributed by atoms with van der Waals surface area (Å²) < 4.78 is 19.7. The summed E-state index contributed by atoms with van der Waals surface area (Å²) in [6, 6.07) is 9.62. The van der Waals surface area contributed by atoms with Crippen LogP contribution in [0.5, 0.6) is 0 Å². The molecule has 1 aromatic carbocycles. The lowest BCUT2D eigenvalue weighted by atomic mass is 10.0. The lowest BCUT2D eigenvalue weighted by Gasteiger charge is -2.20. The highest BCUT2D eigenvalue weighted by molar-refractivity contribution is 6.03. The van der Waals surface area contributed by atoms with Gasteiger partial charge in [-0.2, -0.15) is 0 Å². The summed E-state index contributed by atoms with van der Waals surface area (Å²) in [4.78, 5) is 22.9. The number of anilines is 1. The number of halogens is 1. The Morgan fingerprint density at radius 1 is 1.23 bits per heavy atom. The van der Waals surface area contributed by atoms with E-state index in [2.05, 4.69) is 9.97 Å². The summed E-state index contributed by atoms with van der Waals surface area (Å²) in [5.41, 5.74) is 7.62. The first kappa shape index (κ1) is 16.3. The van der Waals surface area contributed by atoms with Crippen LogP contribution >= 0.6 is 0 Å². The number of nitrogens with two attached hydrogens (primary N) is 1. The van der Waals surface area contributed by atoms with Crippen LogP contribution in [0.15, 0.2) is 40.8 Å². The van der Waals surface area contributed by atoms with Crippen LogP contribution in [0.3, 0.4) is 0 Å². The summed E-state index contributed by atoms with van der Waals surface area (Å²) in [7, 11) is 1.67. The van der Waals surface area contributed by atoms with Crippen molar-refractivity contribution in [3.8, 4) is 11.5 Å². The molecule has 26 heavy (non-hydrogen) atoms. The lowest BCUT2D eigenvalue weighted by molar-refractivity contribution is 0.0772. The van der Waals surface area contributed by atoms with Gasteiger partial charge in [0.05, 0.1) is 17.3 Å². The van der Waals surface area contributed by atoms with E-state index in [9.17, 15) is 9.18 Å². The van der Waals surface area contributed by atoms with Crippen LogP contribution in [0.25, 0.3) is 11.5 Å².